The van der Waals surface area contributed by atoms with Gasteiger partial charge in [0.25, 0.3) is 0 Å². The van der Waals surface area contributed by atoms with E-state index in [2.05, 4.69) is 15.5 Å². The second-order valence-electron chi connectivity index (χ2n) is 4.34. The number of thiazole rings is 1. The van der Waals surface area contributed by atoms with Gasteiger partial charge in [0.2, 0.25) is 5.91 Å². The molecule has 1 amide bonds. The number of hydrogen-bond donors (Lipinski definition) is 2. The van der Waals surface area contributed by atoms with Crippen molar-refractivity contribution in [1.29, 1.82) is 0 Å². The number of rotatable bonds is 4. The van der Waals surface area contributed by atoms with Crippen LogP contribution in [-0.4, -0.2) is 21.8 Å². The van der Waals surface area contributed by atoms with Crippen LogP contribution in [0.1, 0.15) is 32.4 Å². The van der Waals surface area contributed by atoms with Gasteiger partial charge in [0.1, 0.15) is 11.4 Å². The molecule has 1 unspecified atom stereocenters. The molecule has 1 heterocycles. The first kappa shape index (κ1) is 12.0. The van der Waals surface area contributed by atoms with Crippen molar-refractivity contribution in [1.82, 2.24) is 4.98 Å². The van der Waals surface area contributed by atoms with E-state index in [0.29, 0.717) is 22.5 Å². The molecule has 92 valence electrons. The average molecular weight is 253 g/mol. The second-order valence-corrected chi connectivity index (χ2v) is 5.20. The van der Waals surface area contributed by atoms with Gasteiger partial charge < -0.3 is 10.5 Å². The van der Waals surface area contributed by atoms with Crippen molar-refractivity contribution >= 4 is 28.1 Å². The van der Waals surface area contributed by atoms with Crippen molar-refractivity contribution in [3.8, 4) is 0 Å². The Hall–Kier alpha value is -1.43. The largest absolute Gasteiger partial charge is 0.411 e. The summed E-state index contributed by atoms with van der Waals surface area (Å²) < 4.78 is 0. The molecule has 1 aliphatic rings. The highest BCUT2D eigenvalue weighted by molar-refractivity contribution is 7.14. The van der Waals surface area contributed by atoms with Crippen LogP contribution >= 0.6 is 11.3 Å². The van der Waals surface area contributed by atoms with Crippen LogP contribution in [0.4, 0.5) is 5.13 Å². The fourth-order valence-electron chi connectivity index (χ4n) is 1.58. The minimum absolute atomic E-state index is 0.0204. The first-order valence-corrected chi connectivity index (χ1v) is 6.45. The highest BCUT2D eigenvalue weighted by Gasteiger charge is 2.32. The third-order valence-corrected chi connectivity index (χ3v) is 3.76. The van der Waals surface area contributed by atoms with Crippen molar-refractivity contribution in [2.45, 2.75) is 26.7 Å². The molecule has 0 saturated heterocycles. The normalized spacial score (nSPS) is 17.9. The highest BCUT2D eigenvalue weighted by atomic mass is 32.1. The molecule has 0 aromatic carbocycles. The van der Waals surface area contributed by atoms with Crippen molar-refractivity contribution in [2.24, 2.45) is 17.0 Å². The number of amides is 1. The molecule has 2 N–H and O–H groups in total. The quantitative estimate of drug-likeness (QED) is 0.491. The van der Waals surface area contributed by atoms with Gasteiger partial charge in [-0.15, -0.1) is 11.3 Å². The summed E-state index contributed by atoms with van der Waals surface area (Å²) in [7, 11) is 0. The van der Waals surface area contributed by atoms with E-state index in [0.717, 1.165) is 12.8 Å². The first-order chi connectivity index (χ1) is 8.11. The number of nitrogens with zero attached hydrogens (tertiary/aromatic N) is 2. The van der Waals surface area contributed by atoms with Gasteiger partial charge in [-0.2, -0.15) is 0 Å². The standard InChI is InChI=1S/C11H15N3O2S/c1-6(8-3-4-8)10(15)13-11-12-9(5-17-11)7(2)14-16/h5-6,8,16H,3-4H2,1-2H3,(H,12,13,15). The molecule has 17 heavy (non-hydrogen) atoms. The summed E-state index contributed by atoms with van der Waals surface area (Å²) in [5.41, 5.74) is 1.03. The van der Waals surface area contributed by atoms with Gasteiger partial charge in [-0.05, 0) is 25.7 Å². The van der Waals surface area contributed by atoms with Crippen molar-refractivity contribution in [3.05, 3.63) is 11.1 Å². The number of carbonyl (C=O) groups is 1. The van der Waals surface area contributed by atoms with E-state index in [4.69, 9.17) is 5.21 Å². The minimum Gasteiger partial charge on any atom is -0.411 e. The zero-order chi connectivity index (χ0) is 12.4. The van der Waals surface area contributed by atoms with Crippen LogP contribution in [0.25, 0.3) is 0 Å². The van der Waals surface area contributed by atoms with Gasteiger partial charge in [-0.3, -0.25) is 4.79 Å². The fraction of sp³-hybridized carbons (Fsp3) is 0.545. The lowest BCUT2D eigenvalue weighted by Gasteiger charge is -2.08. The molecule has 0 spiro atoms. The number of nitrogens with one attached hydrogen (secondary N) is 1. The maximum Gasteiger partial charge on any atom is 0.229 e. The molecule has 1 atom stereocenters. The lowest BCUT2D eigenvalue weighted by molar-refractivity contribution is -0.119. The van der Waals surface area contributed by atoms with Gasteiger partial charge in [-0.1, -0.05) is 12.1 Å². The van der Waals surface area contributed by atoms with Crippen LogP contribution in [0.15, 0.2) is 10.5 Å². The minimum atomic E-state index is 0.0204. The van der Waals surface area contributed by atoms with Gasteiger partial charge in [0.05, 0.1) is 0 Å². The summed E-state index contributed by atoms with van der Waals surface area (Å²) in [6.45, 7) is 3.61. The van der Waals surface area contributed by atoms with Crippen LogP contribution in [0.5, 0.6) is 0 Å². The fourth-order valence-corrected chi connectivity index (χ4v) is 2.34. The van der Waals surface area contributed by atoms with Gasteiger partial charge in [0, 0.05) is 11.3 Å². The van der Waals surface area contributed by atoms with Crippen LogP contribution in [-0.2, 0) is 4.79 Å². The van der Waals surface area contributed by atoms with Gasteiger partial charge in [0.15, 0.2) is 5.13 Å². The SMILES string of the molecule is CC(=NO)c1csc(NC(=O)C(C)C2CC2)n1. The Kier molecular flexibility index (Phi) is 3.42. The Morgan fingerprint density at radius 1 is 1.71 bits per heavy atom. The summed E-state index contributed by atoms with van der Waals surface area (Å²) in [5, 5.41) is 16.8. The van der Waals surface area contributed by atoms with Crippen LogP contribution in [0.2, 0.25) is 0 Å². The number of carbonyl (C=O) groups excluding carboxylic acids is 1. The van der Waals surface area contributed by atoms with Gasteiger partial charge >= 0.3 is 0 Å². The molecule has 1 aliphatic carbocycles. The summed E-state index contributed by atoms with van der Waals surface area (Å²) in [6, 6.07) is 0. The van der Waals surface area contributed by atoms with E-state index >= 15 is 0 Å². The summed E-state index contributed by atoms with van der Waals surface area (Å²) in [4.78, 5) is 16.0. The van der Waals surface area contributed by atoms with Crippen molar-refractivity contribution < 1.29 is 10.0 Å². The van der Waals surface area contributed by atoms with E-state index in [1.54, 1.807) is 12.3 Å². The maximum atomic E-state index is 11.8. The monoisotopic (exact) mass is 253 g/mol. The lowest BCUT2D eigenvalue weighted by atomic mass is 10.1. The molecule has 1 aromatic heterocycles. The zero-order valence-electron chi connectivity index (χ0n) is 9.80. The third kappa shape index (κ3) is 2.82. The molecule has 1 aromatic rings. The van der Waals surface area contributed by atoms with Crippen LogP contribution < -0.4 is 5.32 Å². The molecule has 1 fully saturated rings. The Bertz CT molecular complexity index is 451. The molecule has 0 bridgehead atoms. The van der Waals surface area contributed by atoms with E-state index in [1.165, 1.54) is 11.3 Å². The van der Waals surface area contributed by atoms with Crippen molar-refractivity contribution in [2.75, 3.05) is 5.32 Å². The molecule has 0 aliphatic heterocycles. The Morgan fingerprint density at radius 3 is 3.00 bits per heavy atom. The Morgan fingerprint density at radius 2 is 2.41 bits per heavy atom. The molecule has 1 saturated carbocycles. The number of hydrogen-bond acceptors (Lipinski definition) is 5. The molecule has 6 heteroatoms. The predicted octanol–water partition coefficient (Wildman–Crippen LogP) is 2.33. The molecule has 5 nitrogen and oxygen atoms in total. The van der Waals surface area contributed by atoms with E-state index in [1.807, 2.05) is 6.92 Å². The van der Waals surface area contributed by atoms with E-state index in [-0.39, 0.29) is 11.8 Å². The van der Waals surface area contributed by atoms with E-state index in [9.17, 15) is 4.79 Å². The molecular formula is C11H15N3O2S. The smallest absolute Gasteiger partial charge is 0.229 e. The summed E-state index contributed by atoms with van der Waals surface area (Å²) in [6.07, 6.45) is 2.29. The number of anilines is 1. The lowest BCUT2D eigenvalue weighted by Crippen LogP contribution is -2.21. The Balaban J connectivity index is 1.98. The summed E-state index contributed by atoms with van der Waals surface area (Å²) >= 11 is 1.34. The molecule has 2 rings (SSSR count). The second kappa shape index (κ2) is 4.83. The maximum absolute atomic E-state index is 11.8. The molecule has 0 radical (unpaired) electrons. The van der Waals surface area contributed by atoms with E-state index < -0.39 is 0 Å². The topological polar surface area (TPSA) is 74.6 Å². The number of oxime groups is 1. The number of aromatic nitrogens is 1. The first-order valence-electron chi connectivity index (χ1n) is 5.57. The average Bonchev–Trinajstić information content (AvgIpc) is 3.08. The van der Waals surface area contributed by atoms with Crippen LogP contribution in [0, 0.1) is 11.8 Å². The summed E-state index contributed by atoms with van der Waals surface area (Å²) in [5.74, 6) is 0.608. The molecular weight excluding hydrogens is 238 g/mol. The zero-order valence-corrected chi connectivity index (χ0v) is 10.6. The van der Waals surface area contributed by atoms with Crippen molar-refractivity contribution in [3.63, 3.8) is 0 Å². The van der Waals surface area contributed by atoms with Gasteiger partial charge in [-0.25, -0.2) is 4.98 Å². The predicted molar refractivity (Wildman–Crippen MR) is 66.6 cm³/mol. The van der Waals surface area contributed by atoms with Crippen LogP contribution in [0.3, 0.4) is 0 Å². The Labute approximate surface area is 104 Å². The highest BCUT2D eigenvalue weighted by Crippen LogP contribution is 2.37. The third-order valence-electron chi connectivity index (χ3n) is 3.00.